The summed E-state index contributed by atoms with van der Waals surface area (Å²) in [6, 6.07) is 14.0. The number of nitrogens with zero attached hydrogens (tertiary/aromatic N) is 3. The summed E-state index contributed by atoms with van der Waals surface area (Å²) in [6.07, 6.45) is 5.68. The number of methoxy groups -OCH3 is 1. The van der Waals surface area contributed by atoms with Gasteiger partial charge in [-0.2, -0.15) is 5.10 Å². The number of aromatic nitrogens is 3. The van der Waals surface area contributed by atoms with Crippen LogP contribution in [0.1, 0.15) is 40.4 Å². The number of nitrogens with one attached hydrogen (secondary N) is 1. The number of hydrogen-bond donors (Lipinski definition) is 1. The fraction of sp³-hybridized carbons (Fsp3) is 0.280. The molecule has 5 rings (SSSR count). The van der Waals surface area contributed by atoms with E-state index >= 15 is 0 Å². The maximum atomic E-state index is 13.3. The van der Waals surface area contributed by atoms with Crippen LogP contribution >= 0.6 is 15.9 Å². The summed E-state index contributed by atoms with van der Waals surface area (Å²) in [5, 5.41) is 5.68. The molecule has 2 aromatic heterocycles. The summed E-state index contributed by atoms with van der Waals surface area (Å²) in [6.45, 7) is 3.43. The Morgan fingerprint density at radius 3 is 2.62 bits per heavy atom. The van der Waals surface area contributed by atoms with Crippen molar-refractivity contribution in [1.82, 2.24) is 19.7 Å². The van der Waals surface area contributed by atoms with Gasteiger partial charge < -0.3 is 14.6 Å². The van der Waals surface area contributed by atoms with Gasteiger partial charge >= 0.3 is 0 Å². The molecule has 0 aliphatic carbocycles. The maximum Gasteiger partial charge on any atom is 0.257 e. The topological polar surface area (TPSA) is 63.1 Å². The molecule has 32 heavy (non-hydrogen) atoms. The Hall–Kier alpha value is -3.06. The van der Waals surface area contributed by atoms with Crippen molar-refractivity contribution in [2.45, 2.75) is 25.7 Å². The van der Waals surface area contributed by atoms with E-state index in [1.165, 1.54) is 10.9 Å². The first-order valence-corrected chi connectivity index (χ1v) is 11.6. The fourth-order valence-electron chi connectivity index (χ4n) is 4.61. The van der Waals surface area contributed by atoms with Crippen molar-refractivity contribution >= 4 is 32.7 Å². The quantitative estimate of drug-likeness (QED) is 0.411. The van der Waals surface area contributed by atoms with Gasteiger partial charge in [0, 0.05) is 34.7 Å². The summed E-state index contributed by atoms with van der Waals surface area (Å²) >= 11 is 3.46. The second-order valence-corrected chi connectivity index (χ2v) is 9.17. The van der Waals surface area contributed by atoms with Crippen molar-refractivity contribution in [2.75, 3.05) is 20.2 Å². The highest BCUT2D eigenvalue weighted by Crippen LogP contribution is 2.35. The van der Waals surface area contributed by atoms with Gasteiger partial charge in [-0.25, -0.2) is 4.68 Å². The average Bonchev–Trinajstić information content (AvgIpc) is 3.42. The number of likely N-dealkylation sites (tertiary alicyclic amines) is 1. The number of carbonyl (C=O) groups is 1. The molecule has 0 unspecified atom stereocenters. The van der Waals surface area contributed by atoms with E-state index in [0.717, 1.165) is 53.1 Å². The molecule has 2 aromatic carbocycles. The zero-order valence-electron chi connectivity index (χ0n) is 18.1. The molecule has 1 aliphatic rings. The number of H-pyrrole nitrogens is 1. The zero-order valence-corrected chi connectivity index (χ0v) is 19.7. The van der Waals surface area contributed by atoms with Crippen LogP contribution in [0, 0.1) is 6.92 Å². The number of aromatic amines is 1. The molecule has 0 bridgehead atoms. The molecule has 0 radical (unpaired) electrons. The number of ether oxygens (including phenoxy) is 1. The minimum Gasteiger partial charge on any atom is -0.497 e. The normalized spacial score (nSPS) is 14.8. The van der Waals surface area contributed by atoms with E-state index in [2.05, 4.69) is 44.3 Å². The van der Waals surface area contributed by atoms with Crippen LogP contribution < -0.4 is 4.74 Å². The number of fused-ring (bicyclic) bond motifs is 1. The lowest BCUT2D eigenvalue weighted by molar-refractivity contribution is 0.0712. The molecule has 0 spiro atoms. The first-order chi connectivity index (χ1) is 15.5. The van der Waals surface area contributed by atoms with Crippen LogP contribution in [0.4, 0.5) is 0 Å². The molecule has 1 N–H and O–H groups in total. The SMILES string of the molecule is COc1ccc2[nH]cc(C3CCN(C(=O)c4cnn(-c5ccc(Br)cc5)c4C)CC3)c2c1. The first kappa shape index (κ1) is 20.8. The molecule has 1 amide bonds. The van der Waals surface area contributed by atoms with Crippen LogP contribution in [-0.2, 0) is 0 Å². The molecule has 0 atom stereocenters. The Morgan fingerprint density at radius 2 is 1.91 bits per heavy atom. The molecule has 164 valence electrons. The molecule has 4 aromatic rings. The highest BCUT2D eigenvalue weighted by atomic mass is 79.9. The average molecular weight is 493 g/mol. The minimum absolute atomic E-state index is 0.0601. The van der Waals surface area contributed by atoms with Crippen molar-refractivity contribution in [2.24, 2.45) is 0 Å². The summed E-state index contributed by atoms with van der Waals surface area (Å²) in [7, 11) is 1.69. The minimum atomic E-state index is 0.0601. The molecule has 3 heterocycles. The van der Waals surface area contributed by atoms with E-state index < -0.39 is 0 Å². The number of halogens is 1. The molecule has 1 fully saturated rings. The van der Waals surface area contributed by atoms with Crippen LogP contribution in [0.15, 0.2) is 59.3 Å². The smallest absolute Gasteiger partial charge is 0.257 e. The van der Waals surface area contributed by atoms with Gasteiger partial charge in [-0.05, 0) is 73.7 Å². The second-order valence-electron chi connectivity index (χ2n) is 8.25. The number of benzene rings is 2. The predicted molar refractivity (Wildman–Crippen MR) is 129 cm³/mol. The van der Waals surface area contributed by atoms with Crippen LogP contribution in [0.3, 0.4) is 0 Å². The Labute approximate surface area is 195 Å². The standard InChI is InChI=1S/C25H25BrN4O2/c1-16-22(15-28-30(16)19-5-3-18(26)4-6-19)25(31)29-11-9-17(10-12-29)23-14-27-24-8-7-20(32-2)13-21(23)24/h3-8,13-15,17,27H,9-12H2,1-2H3. The van der Waals surface area contributed by atoms with E-state index in [4.69, 9.17) is 4.74 Å². The van der Waals surface area contributed by atoms with Crippen molar-refractivity contribution in [3.63, 3.8) is 0 Å². The van der Waals surface area contributed by atoms with Gasteiger partial charge in [0.1, 0.15) is 5.75 Å². The van der Waals surface area contributed by atoms with Crippen LogP contribution in [-0.4, -0.2) is 45.8 Å². The van der Waals surface area contributed by atoms with Crippen LogP contribution in [0.25, 0.3) is 16.6 Å². The summed E-state index contributed by atoms with van der Waals surface area (Å²) in [5.74, 6) is 1.35. The van der Waals surface area contributed by atoms with Gasteiger partial charge in [0.25, 0.3) is 5.91 Å². The van der Waals surface area contributed by atoms with Crippen molar-refractivity contribution in [3.8, 4) is 11.4 Å². The third-order valence-corrected chi connectivity index (χ3v) is 6.98. The van der Waals surface area contributed by atoms with Gasteiger partial charge in [-0.15, -0.1) is 0 Å². The summed E-state index contributed by atoms with van der Waals surface area (Å²) in [4.78, 5) is 18.6. The predicted octanol–water partition coefficient (Wildman–Crippen LogP) is 5.45. The Bertz CT molecular complexity index is 1270. The van der Waals surface area contributed by atoms with E-state index in [9.17, 15) is 4.79 Å². The molecule has 6 nitrogen and oxygen atoms in total. The summed E-state index contributed by atoms with van der Waals surface area (Å²) in [5.41, 5.74) is 4.91. The summed E-state index contributed by atoms with van der Waals surface area (Å²) < 4.78 is 8.24. The highest BCUT2D eigenvalue weighted by Gasteiger charge is 2.28. The van der Waals surface area contributed by atoms with Gasteiger partial charge in [-0.1, -0.05) is 15.9 Å². The van der Waals surface area contributed by atoms with E-state index in [0.29, 0.717) is 11.5 Å². The lowest BCUT2D eigenvalue weighted by Crippen LogP contribution is -2.38. The van der Waals surface area contributed by atoms with E-state index in [-0.39, 0.29) is 5.91 Å². The van der Waals surface area contributed by atoms with Crippen LogP contribution in [0.5, 0.6) is 5.75 Å². The molecular weight excluding hydrogens is 468 g/mol. The lowest BCUT2D eigenvalue weighted by Gasteiger charge is -2.32. The van der Waals surface area contributed by atoms with E-state index in [1.54, 1.807) is 13.3 Å². The maximum absolute atomic E-state index is 13.3. The number of rotatable bonds is 4. The first-order valence-electron chi connectivity index (χ1n) is 10.8. The molecule has 1 aliphatic heterocycles. The Kier molecular flexibility index (Phi) is 5.51. The Morgan fingerprint density at radius 1 is 1.16 bits per heavy atom. The van der Waals surface area contributed by atoms with Crippen molar-refractivity contribution in [3.05, 3.63) is 76.2 Å². The van der Waals surface area contributed by atoms with Gasteiger partial charge in [-0.3, -0.25) is 4.79 Å². The van der Waals surface area contributed by atoms with Gasteiger partial charge in [0.05, 0.1) is 30.3 Å². The highest BCUT2D eigenvalue weighted by molar-refractivity contribution is 9.10. The van der Waals surface area contributed by atoms with E-state index in [1.807, 2.05) is 46.8 Å². The number of piperidine rings is 1. The number of carbonyl (C=O) groups excluding carboxylic acids is 1. The third-order valence-electron chi connectivity index (χ3n) is 6.45. The zero-order chi connectivity index (χ0) is 22.2. The van der Waals surface area contributed by atoms with Crippen LogP contribution in [0.2, 0.25) is 0 Å². The Balaban J connectivity index is 1.31. The fourth-order valence-corrected chi connectivity index (χ4v) is 4.88. The lowest BCUT2D eigenvalue weighted by atomic mass is 9.89. The number of amides is 1. The monoisotopic (exact) mass is 492 g/mol. The molecule has 7 heteroatoms. The van der Waals surface area contributed by atoms with Crippen molar-refractivity contribution in [1.29, 1.82) is 0 Å². The largest absolute Gasteiger partial charge is 0.497 e. The molecule has 0 saturated carbocycles. The molecular formula is C25H25BrN4O2. The third kappa shape index (κ3) is 3.71. The van der Waals surface area contributed by atoms with Gasteiger partial charge in [0.15, 0.2) is 0 Å². The number of hydrogen-bond acceptors (Lipinski definition) is 3. The van der Waals surface area contributed by atoms with Gasteiger partial charge in [0.2, 0.25) is 0 Å². The second kappa shape index (κ2) is 8.47. The van der Waals surface area contributed by atoms with Crippen molar-refractivity contribution < 1.29 is 9.53 Å². The molecule has 1 saturated heterocycles.